The van der Waals surface area contributed by atoms with Crippen LogP contribution in [0.2, 0.25) is 10.1 Å². The number of nitriles is 1. The molecule has 67 heavy (non-hydrogen) atoms. The number of fused-ring (bicyclic) bond motifs is 1. The van der Waals surface area contributed by atoms with E-state index in [-0.39, 0.29) is 30.6 Å². The van der Waals surface area contributed by atoms with Gasteiger partial charge in [0.2, 0.25) is 5.91 Å². The lowest BCUT2D eigenvalue weighted by Crippen LogP contribution is -2.64. The predicted octanol–water partition coefficient (Wildman–Crippen LogP) is 11.6. The first-order chi connectivity index (χ1) is 32.1. The maximum atomic E-state index is 15.3. The van der Waals surface area contributed by atoms with Crippen molar-refractivity contribution >= 4 is 55.7 Å². The van der Waals surface area contributed by atoms with E-state index in [1.165, 1.54) is 0 Å². The van der Waals surface area contributed by atoms with Crippen LogP contribution in [0, 0.1) is 11.3 Å². The van der Waals surface area contributed by atoms with Gasteiger partial charge in [-0.1, -0.05) is 160 Å². The molecule has 1 amide bonds. The molecule has 1 aliphatic rings. The minimum atomic E-state index is -1.29. The molecule has 1 fully saturated rings. The van der Waals surface area contributed by atoms with Gasteiger partial charge in [0.15, 0.2) is 9.76 Å². The van der Waals surface area contributed by atoms with Crippen LogP contribution in [0.1, 0.15) is 80.6 Å². The normalized spacial score (nSPS) is 14.9. The summed E-state index contributed by atoms with van der Waals surface area (Å²) in [5.41, 5.74) is 5.65. The predicted molar refractivity (Wildman–Crippen MR) is 271 cm³/mol. The minimum Gasteiger partial charge on any atom is -0.443 e. The number of carbonyl (C=O) groups is 2. The number of piperazine rings is 1. The van der Waals surface area contributed by atoms with Gasteiger partial charge in [-0.2, -0.15) is 5.26 Å². The Morgan fingerprint density at radius 2 is 1.34 bits per heavy atom. The largest absolute Gasteiger partial charge is 0.443 e. The molecule has 0 N–H and O–H groups in total. The molecule has 1 saturated heterocycles. The Labute approximate surface area is 401 Å². The second-order valence-electron chi connectivity index (χ2n) is 19.3. The van der Waals surface area contributed by atoms with Gasteiger partial charge in [-0.15, -0.1) is 0 Å². The maximum absolute atomic E-state index is 15.3. The molecule has 0 unspecified atom stereocenters. The van der Waals surface area contributed by atoms with Crippen LogP contribution >= 0.6 is 11.6 Å². The van der Waals surface area contributed by atoms with Crippen LogP contribution in [-0.4, -0.2) is 66.6 Å². The molecule has 0 saturated carbocycles. The fourth-order valence-electron chi connectivity index (χ4n) is 8.83. The summed E-state index contributed by atoms with van der Waals surface area (Å²) in [5, 5.41) is 11.7. The molecule has 9 nitrogen and oxygen atoms in total. The molecule has 1 aromatic heterocycles. The van der Waals surface area contributed by atoms with Crippen LogP contribution in [0.25, 0.3) is 10.9 Å². The van der Waals surface area contributed by atoms with E-state index in [9.17, 15) is 10.1 Å². The molecule has 0 bridgehead atoms. The highest BCUT2D eigenvalue weighted by Crippen LogP contribution is 2.44. The van der Waals surface area contributed by atoms with Crippen molar-refractivity contribution in [2.45, 2.75) is 76.9 Å². The highest BCUT2D eigenvalue weighted by molar-refractivity contribution is 6.32. The van der Waals surface area contributed by atoms with Crippen LogP contribution in [0.15, 0.2) is 169 Å². The summed E-state index contributed by atoms with van der Waals surface area (Å²) in [6.07, 6.45) is -0.509. The summed E-state index contributed by atoms with van der Waals surface area (Å²) in [7, 11) is -1.29. The second-order valence-corrected chi connectivity index (χ2v) is 22.5. The molecule has 0 aliphatic carbocycles. The Bertz CT molecular complexity index is 2860. The van der Waals surface area contributed by atoms with E-state index in [1.54, 1.807) is 16.7 Å². The number of ether oxygens (including phenoxy) is 1. The summed E-state index contributed by atoms with van der Waals surface area (Å²) < 4.78 is 15.1. The Morgan fingerprint density at radius 3 is 1.90 bits per heavy atom. The van der Waals surface area contributed by atoms with Crippen LogP contribution in [0.5, 0.6) is 0 Å². The molecule has 8 rings (SSSR count). The van der Waals surface area contributed by atoms with Gasteiger partial charge in [-0.05, 0) is 78.9 Å². The maximum Gasteiger partial charge on any atom is 0.419 e. The van der Waals surface area contributed by atoms with Gasteiger partial charge in [-0.25, -0.2) is 14.4 Å². The molecule has 0 radical (unpaired) electrons. The molecule has 7 aromatic rings. The van der Waals surface area contributed by atoms with Crippen molar-refractivity contribution in [3.8, 4) is 6.07 Å². The highest BCUT2D eigenvalue weighted by Gasteiger charge is 2.51. The molecule has 0 spiro atoms. The average molecular weight is 927 g/mol. The van der Waals surface area contributed by atoms with E-state index in [0.717, 1.165) is 38.9 Å². The number of hydrogen-bond donors (Lipinski definition) is 0. The van der Waals surface area contributed by atoms with E-state index in [4.69, 9.17) is 25.8 Å². The number of carbonyl (C=O) groups excluding carboxylic acids is 2. The first kappa shape index (κ1) is 46.9. The van der Waals surface area contributed by atoms with Crippen LogP contribution in [0.4, 0.5) is 10.5 Å². The summed E-state index contributed by atoms with van der Waals surface area (Å²) in [4.78, 5) is 38.7. The SMILES string of the molecule is CC(C)(C)OC(=O)n1c(CN2CC(=O)N(Cc3ccc(C#N)c(N=C(c4ccccc4)c4ccccc4)c3)[C@@H](C(O[SiH2]C(C)(C)C)(c3ccccc3)c3ccccc3)C2)cc2cc(Cl)ccc21. The van der Waals surface area contributed by atoms with E-state index >= 15 is 4.79 Å². The summed E-state index contributed by atoms with van der Waals surface area (Å²) >= 11 is 6.50. The number of benzene rings is 6. The first-order valence-electron chi connectivity index (χ1n) is 22.6. The second kappa shape index (κ2) is 19.7. The Morgan fingerprint density at radius 1 is 0.761 bits per heavy atom. The number of aromatic nitrogens is 1. The van der Waals surface area contributed by atoms with Gasteiger partial charge in [0.05, 0.1) is 35.1 Å². The molecule has 1 atom stereocenters. The number of hydrogen-bond acceptors (Lipinski definition) is 7. The third kappa shape index (κ3) is 10.7. The number of halogens is 1. The Balaban J connectivity index is 1.28. The molecule has 340 valence electrons. The zero-order valence-electron chi connectivity index (χ0n) is 38.9. The van der Waals surface area contributed by atoms with Gasteiger partial charge >= 0.3 is 6.09 Å². The molecular formula is C56H56ClN5O4Si. The van der Waals surface area contributed by atoms with Crippen molar-refractivity contribution in [1.29, 1.82) is 5.26 Å². The van der Waals surface area contributed by atoms with Crippen molar-refractivity contribution in [3.63, 3.8) is 0 Å². The summed E-state index contributed by atoms with van der Waals surface area (Å²) in [6.45, 7) is 13.1. The highest BCUT2D eigenvalue weighted by atomic mass is 35.5. The van der Waals surface area contributed by atoms with Crippen LogP contribution in [0.3, 0.4) is 0 Å². The summed E-state index contributed by atoms with van der Waals surface area (Å²) in [5.74, 6) is -0.111. The first-order valence-corrected chi connectivity index (χ1v) is 24.3. The number of rotatable bonds is 12. The number of aliphatic imine (C=N–C) groups is 1. The van der Waals surface area contributed by atoms with Crippen molar-refractivity contribution in [2.24, 2.45) is 4.99 Å². The van der Waals surface area contributed by atoms with E-state index in [0.29, 0.717) is 34.0 Å². The molecule has 1 aliphatic heterocycles. The Hall–Kier alpha value is -6.61. The van der Waals surface area contributed by atoms with Crippen molar-refractivity contribution in [3.05, 3.63) is 208 Å². The van der Waals surface area contributed by atoms with Crippen LogP contribution in [-0.2, 0) is 32.6 Å². The van der Waals surface area contributed by atoms with Gasteiger partial charge < -0.3 is 14.1 Å². The van der Waals surface area contributed by atoms with Gasteiger partial charge in [-0.3, -0.25) is 9.69 Å². The van der Waals surface area contributed by atoms with Gasteiger partial charge in [0.25, 0.3) is 0 Å². The molecule has 2 heterocycles. The zero-order valence-corrected chi connectivity index (χ0v) is 41.1. The lowest BCUT2D eigenvalue weighted by molar-refractivity contribution is -0.149. The molecular weight excluding hydrogens is 870 g/mol. The lowest BCUT2D eigenvalue weighted by atomic mass is 9.78. The van der Waals surface area contributed by atoms with Gasteiger partial charge in [0, 0.05) is 46.9 Å². The monoisotopic (exact) mass is 925 g/mol. The van der Waals surface area contributed by atoms with E-state index < -0.39 is 33.1 Å². The van der Waals surface area contributed by atoms with E-state index in [1.807, 2.05) is 153 Å². The van der Waals surface area contributed by atoms with Crippen LogP contribution < -0.4 is 0 Å². The van der Waals surface area contributed by atoms with Crippen molar-refractivity contribution in [2.75, 3.05) is 13.1 Å². The fraction of sp³-hybridized carbons (Fsp3) is 0.250. The van der Waals surface area contributed by atoms with Gasteiger partial charge in [0.1, 0.15) is 17.3 Å². The number of amides is 1. The Kier molecular flexibility index (Phi) is 13.8. The van der Waals surface area contributed by atoms with Crippen molar-refractivity contribution < 1.29 is 18.8 Å². The standard InChI is InChI=1S/C56H56ClN5O4Si/c1-54(2,3)65-53(64)62-47(33-43-32-46(57)29-30-49(43)62)36-60-37-50(56(66-67-55(4,5)6,44-23-15-9-16-24-44)45-25-17-10-18-26-45)61(51(63)38-60)35-39-27-28-42(34-58)48(31-39)59-52(40-19-11-7-12-20-40)41-21-13-8-14-22-41/h7-33,50H,35-38,67H2,1-6H3/t50-/m1/s1. The average Bonchev–Trinajstić information content (AvgIpc) is 3.66. The zero-order chi connectivity index (χ0) is 47.3. The minimum absolute atomic E-state index is 0.0664. The lowest BCUT2D eigenvalue weighted by Gasteiger charge is -2.52. The fourth-order valence-corrected chi connectivity index (χ4v) is 10.2. The molecule has 6 aromatic carbocycles. The third-order valence-electron chi connectivity index (χ3n) is 11.8. The van der Waals surface area contributed by atoms with Crippen molar-refractivity contribution in [1.82, 2.24) is 14.4 Å². The number of nitrogens with zero attached hydrogens (tertiary/aromatic N) is 5. The third-order valence-corrected chi connectivity index (χ3v) is 13.5. The quantitative estimate of drug-likeness (QED) is 0.0894. The molecule has 11 heteroatoms. The topological polar surface area (TPSA) is 100 Å². The smallest absolute Gasteiger partial charge is 0.419 e. The summed E-state index contributed by atoms with van der Waals surface area (Å²) in [6, 6.07) is 55.2. The van der Waals surface area contributed by atoms with E-state index in [2.05, 4.69) is 56.0 Å².